The third-order valence-electron chi connectivity index (χ3n) is 3.07. The van der Waals surface area contributed by atoms with Crippen LogP contribution in [0, 0.1) is 26.2 Å². The summed E-state index contributed by atoms with van der Waals surface area (Å²) in [5, 5.41) is 2.77. The molecule has 0 bridgehead atoms. The van der Waals surface area contributed by atoms with Gasteiger partial charge in [-0.3, -0.25) is 4.79 Å². The van der Waals surface area contributed by atoms with Crippen LogP contribution in [0.25, 0.3) is 0 Å². The molecule has 1 amide bonds. The third kappa shape index (κ3) is 3.87. The van der Waals surface area contributed by atoms with Crippen molar-refractivity contribution < 1.29 is 9.53 Å². The predicted octanol–water partition coefficient (Wildman–Crippen LogP) is 3.30. The molecule has 3 heteroatoms. The van der Waals surface area contributed by atoms with Crippen molar-refractivity contribution in [1.82, 2.24) is 0 Å². The first-order chi connectivity index (χ1) is 10.1. The second kappa shape index (κ2) is 6.62. The second-order valence-corrected chi connectivity index (χ2v) is 4.78. The predicted molar refractivity (Wildman–Crippen MR) is 84.4 cm³/mol. The van der Waals surface area contributed by atoms with Gasteiger partial charge in [0.1, 0.15) is 5.75 Å². The molecule has 0 saturated heterocycles. The van der Waals surface area contributed by atoms with Crippen LogP contribution >= 0.6 is 0 Å². The number of carbonyl (C=O) groups is 1. The lowest BCUT2D eigenvalue weighted by molar-refractivity contribution is -0.118. The van der Waals surface area contributed by atoms with Crippen molar-refractivity contribution in [2.45, 2.75) is 13.8 Å². The molecule has 2 aromatic rings. The van der Waals surface area contributed by atoms with E-state index in [1.165, 1.54) is 0 Å². The number of para-hydroxylation sites is 1. The van der Waals surface area contributed by atoms with E-state index in [1.54, 1.807) is 18.2 Å². The number of anilines is 1. The highest BCUT2D eigenvalue weighted by atomic mass is 16.5. The van der Waals surface area contributed by atoms with E-state index < -0.39 is 0 Å². The number of carbonyl (C=O) groups excluding carboxylic acids is 1. The molecule has 0 fully saturated rings. The molecule has 0 aliphatic rings. The average molecular weight is 279 g/mol. The fourth-order valence-electron chi connectivity index (χ4n) is 2.05. The van der Waals surface area contributed by atoms with Crippen molar-refractivity contribution in [3.05, 3.63) is 59.2 Å². The summed E-state index contributed by atoms with van der Waals surface area (Å²) in [4.78, 5) is 11.9. The molecule has 2 rings (SSSR count). The molecule has 3 nitrogen and oxygen atoms in total. The number of ether oxygens (including phenoxy) is 1. The first kappa shape index (κ1) is 14.7. The highest BCUT2D eigenvalue weighted by molar-refractivity contribution is 5.92. The van der Waals surface area contributed by atoms with Gasteiger partial charge in [0.05, 0.1) is 0 Å². The van der Waals surface area contributed by atoms with E-state index in [1.807, 2.05) is 38.1 Å². The summed E-state index contributed by atoms with van der Waals surface area (Å²) in [6, 6.07) is 13.0. The summed E-state index contributed by atoms with van der Waals surface area (Å²) >= 11 is 0. The minimum absolute atomic E-state index is 0.0357. The van der Waals surface area contributed by atoms with E-state index in [-0.39, 0.29) is 12.5 Å². The molecule has 0 aliphatic carbocycles. The monoisotopic (exact) mass is 279 g/mol. The number of nitrogens with one attached hydrogen (secondary N) is 1. The number of aryl methyl sites for hydroxylation is 2. The van der Waals surface area contributed by atoms with E-state index in [9.17, 15) is 4.79 Å². The van der Waals surface area contributed by atoms with Gasteiger partial charge in [0.15, 0.2) is 6.61 Å². The normalized spacial score (nSPS) is 9.76. The lowest BCUT2D eigenvalue weighted by Crippen LogP contribution is -2.20. The summed E-state index contributed by atoms with van der Waals surface area (Å²) in [5.41, 5.74) is 3.42. The standard InChI is InChI=1S/C18H17NO2/c1-4-15-9-6-10-16(11-15)19-17(20)12-21-18-13(2)7-5-8-14(18)3/h1,5-11H,12H2,2-3H3,(H,19,20). The van der Waals surface area contributed by atoms with Crippen molar-refractivity contribution in [2.75, 3.05) is 11.9 Å². The molecule has 106 valence electrons. The number of amides is 1. The van der Waals surface area contributed by atoms with Crippen LogP contribution in [-0.4, -0.2) is 12.5 Å². The molecule has 0 aromatic heterocycles. The van der Waals surface area contributed by atoms with E-state index in [2.05, 4.69) is 11.2 Å². The van der Waals surface area contributed by atoms with Crippen LogP contribution in [0.4, 0.5) is 5.69 Å². The van der Waals surface area contributed by atoms with Crippen LogP contribution in [0.2, 0.25) is 0 Å². The van der Waals surface area contributed by atoms with Gasteiger partial charge < -0.3 is 10.1 Å². The number of hydrogen-bond acceptors (Lipinski definition) is 2. The van der Waals surface area contributed by atoms with Gasteiger partial charge in [-0.2, -0.15) is 0 Å². The van der Waals surface area contributed by atoms with E-state index in [0.29, 0.717) is 5.69 Å². The smallest absolute Gasteiger partial charge is 0.262 e. The Morgan fingerprint density at radius 1 is 1.19 bits per heavy atom. The molecule has 2 aromatic carbocycles. The number of hydrogen-bond donors (Lipinski definition) is 1. The summed E-state index contributed by atoms with van der Waals surface area (Å²) in [6.07, 6.45) is 5.33. The first-order valence-corrected chi connectivity index (χ1v) is 6.65. The van der Waals surface area contributed by atoms with Gasteiger partial charge in [-0.1, -0.05) is 30.2 Å². The van der Waals surface area contributed by atoms with Gasteiger partial charge >= 0.3 is 0 Å². The number of rotatable bonds is 4. The Morgan fingerprint density at radius 3 is 2.52 bits per heavy atom. The molecule has 21 heavy (non-hydrogen) atoms. The fourth-order valence-corrected chi connectivity index (χ4v) is 2.05. The van der Waals surface area contributed by atoms with Gasteiger partial charge in [0, 0.05) is 11.3 Å². The Bertz CT molecular complexity index is 678. The number of benzene rings is 2. The van der Waals surface area contributed by atoms with Crippen LogP contribution in [-0.2, 0) is 4.79 Å². The third-order valence-corrected chi connectivity index (χ3v) is 3.07. The van der Waals surface area contributed by atoms with Gasteiger partial charge in [-0.15, -0.1) is 6.42 Å². The molecule has 0 atom stereocenters. The zero-order valence-electron chi connectivity index (χ0n) is 12.1. The van der Waals surface area contributed by atoms with Crippen molar-refractivity contribution >= 4 is 11.6 Å². The molecule has 0 saturated carbocycles. The maximum atomic E-state index is 11.9. The summed E-state index contributed by atoms with van der Waals surface area (Å²) < 4.78 is 5.61. The van der Waals surface area contributed by atoms with Crippen LogP contribution in [0.3, 0.4) is 0 Å². The molecule has 1 N–H and O–H groups in total. The fraction of sp³-hybridized carbons (Fsp3) is 0.167. The highest BCUT2D eigenvalue weighted by Gasteiger charge is 2.07. The van der Waals surface area contributed by atoms with Gasteiger partial charge in [-0.05, 0) is 43.2 Å². The lowest BCUT2D eigenvalue weighted by atomic mass is 10.1. The minimum atomic E-state index is -0.216. The largest absolute Gasteiger partial charge is 0.483 e. The Kier molecular flexibility index (Phi) is 4.63. The van der Waals surface area contributed by atoms with Crippen molar-refractivity contribution in [2.24, 2.45) is 0 Å². The van der Waals surface area contributed by atoms with Crippen LogP contribution in [0.5, 0.6) is 5.75 Å². The van der Waals surface area contributed by atoms with Gasteiger partial charge in [0.2, 0.25) is 0 Å². The van der Waals surface area contributed by atoms with Crippen LogP contribution in [0.1, 0.15) is 16.7 Å². The Balaban J connectivity index is 1.98. The van der Waals surface area contributed by atoms with Gasteiger partial charge in [-0.25, -0.2) is 0 Å². The van der Waals surface area contributed by atoms with Crippen molar-refractivity contribution in [1.29, 1.82) is 0 Å². The molecule has 0 heterocycles. The molecular formula is C18H17NO2. The zero-order valence-corrected chi connectivity index (χ0v) is 12.1. The quantitative estimate of drug-likeness (QED) is 0.872. The van der Waals surface area contributed by atoms with E-state index in [0.717, 1.165) is 22.4 Å². The molecule has 0 unspecified atom stereocenters. The highest BCUT2D eigenvalue weighted by Crippen LogP contribution is 2.22. The summed E-state index contributed by atoms with van der Waals surface area (Å²) in [6.45, 7) is 3.87. The number of terminal acetylenes is 1. The van der Waals surface area contributed by atoms with E-state index in [4.69, 9.17) is 11.2 Å². The lowest BCUT2D eigenvalue weighted by Gasteiger charge is -2.12. The van der Waals surface area contributed by atoms with Crippen molar-refractivity contribution in [3.8, 4) is 18.1 Å². The van der Waals surface area contributed by atoms with Gasteiger partial charge in [0.25, 0.3) is 5.91 Å². The first-order valence-electron chi connectivity index (χ1n) is 6.65. The minimum Gasteiger partial charge on any atom is -0.483 e. The molecule has 0 aliphatic heterocycles. The topological polar surface area (TPSA) is 38.3 Å². The zero-order chi connectivity index (χ0) is 15.2. The second-order valence-electron chi connectivity index (χ2n) is 4.78. The Hall–Kier alpha value is -2.73. The maximum Gasteiger partial charge on any atom is 0.262 e. The maximum absolute atomic E-state index is 11.9. The van der Waals surface area contributed by atoms with Crippen LogP contribution < -0.4 is 10.1 Å². The molecule has 0 radical (unpaired) electrons. The Labute approximate surface area is 125 Å². The Morgan fingerprint density at radius 2 is 1.86 bits per heavy atom. The van der Waals surface area contributed by atoms with E-state index >= 15 is 0 Å². The van der Waals surface area contributed by atoms with Crippen molar-refractivity contribution in [3.63, 3.8) is 0 Å². The average Bonchev–Trinajstić information content (AvgIpc) is 2.47. The van der Waals surface area contributed by atoms with Crippen LogP contribution in [0.15, 0.2) is 42.5 Å². The molecular weight excluding hydrogens is 262 g/mol. The SMILES string of the molecule is C#Cc1cccc(NC(=O)COc2c(C)cccc2C)c1. The summed E-state index contributed by atoms with van der Waals surface area (Å²) in [5.74, 6) is 3.07. The molecule has 0 spiro atoms. The summed E-state index contributed by atoms with van der Waals surface area (Å²) in [7, 11) is 0.